The number of benzene rings is 2. The van der Waals surface area contributed by atoms with E-state index >= 15 is 0 Å². The van der Waals surface area contributed by atoms with Gasteiger partial charge in [-0.05, 0) is 35.1 Å². The summed E-state index contributed by atoms with van der Waals surface area (Å²) in [6.07, 6.45) is 6.01. The zero-order valence-electron chi connectivity index (χ0n) is 19.5. The van der Waals surface area contributed by atoms with Gasteiger partial charge in [0, 0.05) is 37.3 Å². The summed E-state index contributed by atoms with van der Waals surface area (Å²) in [4.78, 5) is 8.42. The van der Waals surface area contributed by atoms with Crippen molar-refractivity contribution in [3.05, 3.63) is 71.8 Å². The van der Waals surface area contributed by atoms with Crippen LogP contribution in [0.25, 0.3) is 33.9 Å². The fourth-order valence-corrected chi connectivity index (χ4v) is 4.50. The Morgan fingerprint density at radius 1 is 0.714 bits per heavy atom. The van der Waals surface area contributed by atoms with Gasteiger partial charge in [-0.25, -0.2) is 4.98 Å². The molecule has 0 atom stereocenters. The number of hydrogen-bond donors (Lipinski definition) is 5. The maximum atomic E-state index is 7.57. The molecule has 0 bridgehead atoms. The quantitative estimate of drug-likeness (QED) is 0.294. The van der Waals surface area contributed by atoms with Gasteiger partial charge >= 0.3 is 0 Å². The molecule has 0 radical (unpaired) electrons. The standard InChI is InChI=1S/C26H29N9/c27-25(28)34-13-9-19(10-14-34)17-1-5-21(6-2-17)23-31-24(33-32-23)22-7-3-18(4-8-22)20-11-15-35(16-12-20)26(29)30/h1-9,11H,10,12-16H2,(H3,27,28)(H3,29,30)(H,31,32,33). The molecule has 3 aromatic rings. The lowest BCUT2D eigenvalue weighted by Crippen LogP contribution is -2.39. The molecule has 7 N–H and O–H groups in total. The first-order valence-electron chi connectivity index (χ1n) is 11.7. The number of hydrogen-bond acceptors (Lipinski definition) is 4. The Hall–Kier alpha value is -4.40. The maximum absolute atomic E-state index is 7.57. The highest BCUT2D eigenvalue weighted by Crippen LogP contribution is 2.27. The minimum Gasteiger partial charge on any atom is -0.370 e. The highest BCUT2D eigenvalue weighted by molar-refractivity contribution is 5.78. The number of aromatic amines is 1. The van der Waals surface area contributed by atoms with Crippen LogP contribution >= 0.6 is 0 Å². The summed E-state index contributed by atoms with van der Waals surface area (Å²) in [6, 6.07) is 16.6. The average molecular weight is 468 g/mol. The second-order valence-electron chi connectivity index (χ2n) is 8.78. The van der Waals surface area contributed by atoms with Crippen molar-refractivity contribution in [2.45, 2.75) is 12.8 Å². The molecule has 1 aromatic heterocycles. The van der Waals surface area contributed by atoms with Gasteiger partial charge in [-0.3, -0.25) is 15.9 Å². The van der Waals surface area contributed by atoms with Crippen molar-refractivity contribution in [1.82, 2.24) is 25.0 Å². The number of nitrogens with two attached hydrogens (primary N) is 2. The van der Waals surface area contributed by atoms with E-state index in [1.807, 2.05) is 21.9 Å². The van der Waals surface area contributed by atoms with E-state index in [4.69, 9.17) is 27.3 Å². The summed E-state index contributed by atoms with van der Waals surface area (Å²) in [7, 11) is 0. The smallest absolute Gasteiger partial charge is 0.188 e. The van der Waals surface area contributed by atoms with Crippen LogP contribution in [0.4, 0.5) is 0 Å². The van der Waals surface area contributed by atoms with Crippen molar-refractivity contribution in [3.8, 4) is 22.8 Å². The third-order valence-electron chi connectivity index (χ3n) is 6.63. The SMILES string of the molecule is N=C(N)N1CC=C(c2ccc(-c3n[nH]c(-c4ccc(C5=CCN(C(=N)N)CC5)cc4)n3)cc2)CC1. The molecule has 178 valence electrons. The van der Waals surface area contributed by atoms with Gasteiger partial charge in [0.1, 0.15) is 0 Å². The lowest BCUT2D eigenvalue weighted by atomic mass is 9.98. The summed E-state index contributed by atoms with van der Waals surface area (Å²) in [5, 5.41) is 22.6. The minimum absolute atomic E-state index is 0.123. The van der Waals surface area contributed by atoms with Crippen LogP contribution < -0.4 is 11.5 Å². The summed E-state index contributed by atoms with van der Waals surface area (Å²) >= 11 is 0. The van der Waals surface area contributed by atoms with E-state index in [9.17, 15) is 0 Å². The van der Waals surface area contributed by atoms with E-state index in [-0.39, 0.29) is 11.9 Å². The van der Waals surface area contributed by atoms with E-state index in [0.29, 0.717) is 18.9 Å². The van der Waals surface area contributed by atoms with Crippen molar-refractivity contribution >= 4 is 23.1 Å². The highest BCUT2D eigenvalue weighted by atomic mass is 15.2. The van der Waals surface area contributed by atoms with E-state index in [1.54, 1.807) is 0 Å². The molecule has 2 aliphatic rings. The van der Waals surface area contributed by atoms with Gasteiger partial charge in [-0.15, -0.1) is 0 Å². The zero-order chi connectivity index (χ0) is 24.4. The third-order valence-corrected chi connectivity index (χ3v) is 6.63. The first-order valence-corrected chi connectivity index (χ1v) is 11.7. The van der Waals surface area contributed by atoms with Crippen molar-refractivity contribution in [2.75, 3.05) is 26.2 Å². The highest BCUT2D eigenvalue weighted by Gasteiger charge is 2.16. The molecule has 2 aliphatic heterocycles. The van der Waals surface area contributed by atoms with Gasteiger partial charge in [0.2, 0.25) is 0 Å². The molecule has 9 heteroatoms. The Kier molecular flexibility index (Phi) is 6.05. The van der Waals surface area contributed by atoms with Crippen molar-refractivity contribution in [3.63, 3.8) is 0 Å². The molecule has 0 fully saturated rings. The molecular weight excluding hydrogens is 438 g/mol. The second kappa shape index (κ2) is 9.46. The van der Waals surface area contributed by atoms with Crippen LogP contribution in [0.5, 0.6) is 0 Å². The molecule has 3 heterocycles. The normalized spacial score (nSPS) is 16.0. The van der Waals surface area contributed by atoms with Crippen LogP contribution in [0.3, 0.4) is 0 Å². The van der Waals surface area contributed by atoms with E-state index in [2.05, 4.69) is 58.7 Å². The number of H-pyrrole nitrogens is 1. The summed E-state index contributed by atoms with van der Waals surface area (Å²) < 4.78 is 0. The Balaban J connectivity index is 1.26. The number of guanidine groups is 2. The van der Waals surface area contributed by atoms with Crippen LogP contribution in [0, 0.1) is 10.8 Å². The van der Waals surface area contributed by atoms with Crippen molar-refractivity contribution < 1.29 is 0 Å². The Bertz CT molecular complexity index is 1200. The molecule has 0 saturated carbocycles. The van der Waals surface area contributed by atoms with Gasteiger partial charge in [0.25, 0.3) is 0 Å². The lowest BCUT2D eigenvalue weighted by molar-refractivity contribution is 0.451. The van der Waals surface area contributed by atoms with Crippen molar-refractivity contribution in [2.24, 2.45) is 11.5 Å². The second-order valence-corrected chi connectivity index (χ2v) is 8.78. The summed E-state index contributed by atoms with van der Waals surface area (Å²) in [5.74, 6) is 1.64. The predicted octanol–water partition coefficient (Wildman–Crippen LogP) is 3.10. The van der Waals surface area contributed by atoms with E-state index < -0.39 is 0 Å². The van der Waals surface area contributed by atoms with Crippen LogP contribution in [0.15, 0.2) is 60.7 Å². The average Bonchev–Trinajstić information content (AvgIpc) is 3.39. The van der Waals surface area contributed by atoms with Crippen molar-refractivity contribution in [1.29, 1.82) is 10.8 Å². The number of rotatable bonds is 4. The first-order chi connectivity index (χ1) is 17.0. The lowest BCUT2D eigenvalue weighted by Gasteiger charge is -2.26. The molecule has 9 nitrogen and oxygen atoms in total. The molecule has 5 rings (SSSR count). The van der Waals surface area contributed by atoms with Gasteiger partial charge in [-0.1, -0.05) is 60.7 Å². The van der Waals surface area contributed by atoms with Gasteiger partial charge in [0.15, 0.2) is 23.6 Å². The van der Waals surface area contributed by atoms with Gasteiger partial charge < -0.3 is 21.3 Å². The molecule has 35 heavy (non-hydrogen) atoms. The molecule has 0 unspecified atom stereocenters. The van der Waals surface area contributed by atoms with Gasteiger partial charge in [-0.2, -0.15) is 5.10 Å². The van der Waals surface area contributed by atoms with Crippen LogP contribution in [-0.2, 0) is 0 Å². The van der Waals surface area contributed by atoms with E-state index in [1.165, 1.54) is 22.3 Å². The monoisotopic (exact) mass is 467 g/mol. The fourth-order valence-electron chi connectivity index (χ4n) is 4.50. The third kappa shape index (κ3) is 4.79. The summed E-state index contributed by atoms with van der Waals surface area (Å²) in [6.45, 7) is 2.87. The Morgan fingerprint density at radius 3 is 1.60 bits per heavy atom. The molecule has 0 spiro atoms. The van der Waals surface area contributed by atoms with Crippen LogP contribution in [-0.4, -0.2) is 63.1 Å². The largest absolute Gasteiger partial charge is 0.370 e. The first kappa shape index (κ1) is 22.4. The minimum atomic E-state index is 0.123. The maximum Gasteiger partial charge on any atom is 0.188 e. The fraction of sp³-hybridized carbons (Fsp3) is 0.231. The van der Waals surface area contributed by atoms with Gasteiger partial charge in [0.05, 0.1) is 0 Å². The molecule has 0 amide bonds. The molecule has 0 aliphatic carbocycles. The number of aromatic nitrogens is 3. The Morgan fingerprint density at radius 2 is 1.17 bits per heavy atom. The molecule has 0 saturated heterocycles. The topological polar surface area (TPSA) is 148 Å². The zero-order valence-corrected chi connectivity index (χ0v) is 19.5. The molecule has 2 aromatic carbocycles. The molecular formula is C26H29N9. The van der Waals surface area contributed by atoms with Crippen LogP contribution in [0.1, 0.15) is 24.0 Å². The Labute approximate surface area is 204 Å². The predicted molar refractivity (Wildman–Crippen MR) is 139 cm³/mol. The van der Waals surface area contributed by atoms with E-state index in [0.717, 1.165) is 42.9 Å². The van der Waals surface area contributed by atoms with Crippen LogP contribution in [0.2, 0.25) is 0 Å². The number of nitrogens with one attached hydrogen (secondary N) is 3. The number of nitrogens with zero attached hydrogens (tertiary/aromatic N) is 4. The summed E-state index contributed by atoms with van der Waals surface area (Å²) in [5.41, 5.74) is 18.0.